The fourth-order valence-electron chi connectivity index (χ4n) is 1.98. The summed E-state index contributed by atoms with van der Waals surface area (Å²) in [5.74, 6) is -1.39. The Morgan fingerprint density at radius 2 is 2.00 bits per heavy atom. The molecule has 0 aliphatic rings. The number of ketones is 1. The van der Waals surface area contributed by atoms with Crippen LogP contribution >= 0.6 is 0 Å². The summed E-state index contributed by atoms with van der Waals surface area (Å²) in [7, 11) is 0. The van der Waals surface area contributed by atoms with Crippen LogP contribution in [-0.2, 0) is 9.53 Å². The Bertz CT molecular complexity index is 564. The summed E-state index contributed by atoms with van der Waals surface area (Å²) in [5, 5.41) is 0.851. The van der Waals surface area contributed by atoms with E-state index in [1.807, 2.05) is 18.2 Å². The van der Waals surface area contributed by atoms with Gasteiger partial charge in [0.2, 0.25) is 5.78 Å². The lowest BCUT2D eigenvalue weighted by atomic mass is 9.99. The van der Waals surface area contributed by atoms with E-state index in [0.717, 1.165) is 5.39 Å². The van der Waals surface area contributed by atoms with Crippen molar-refractivity contribution < 1.29 is 18.7 Å². The molecule has 1 heterocycles. The zero-order chi connectivity index (χ0) is 13.8. The average Bonchev–Trinajstić information content (AvgIpc) is 2.83. The highest BCUT2D eigenvalue weighted by molar-refractivity contribution is 6.08. The highest BCUT2D eigenvalue weighted by Gasteiger charge is 2.29. The monoisotopic (exact) mass is 260 g/mol. The minimum atomic E-state index is -0.791. The molecule has 0 N–H and O–H groups in total. The van der Waals surface area contributed by atoms with Crippen LogP contribution in [0.4, 0.5) is 0 Å². The normalized spacial score (nSPS) is 12.3. The number of fused-ring (bicyclic) bond motifs is 1. The number of carbonyl (C=O) groups is 2. The molecule has 0 fully saturated rings. The van der Waals surface area contributed by atoms with Gasteiger partial charge in [0, 0.05) is 5.39 Å². The first kappa shape index (κ1) is 13.3. The lowest BCUT2D eigenvalue weighted by Crippen LogP contribution is -2.25. The molecule has 100 valence electrons. The molecule has 0 radical (unpaired) electrons. The van der Waals surface area contributed by atoms with Crippen LogP contribution in [0.2, 0.25) is 0 Å². The lowest BCUT2D eigenvalue weighted by molar-refractivity contribution is -0.146. The Morgan fingerprint density at radius 1 is 1.26 bits per heavy atom. The quantitative estimate of drug-likeness (QED) is 0.470. The Hall–Kier alpha value is -2.10. The maximum Gasteiger partial charge on any atom is 0.316 e. The van der Waals surface area contributed by atoms with E-state index in [2.05, 4.69) is 0 Å². The summed E-state index contributed by atoms with van der Waals surface area (Å²) in [6, 6.07) is 9.02. The molecule has 0 saturated heterocycles. The van der Waals surface area contributed by atoms with Gasteiger partial charge in [-0.25, -0.2) is 0 Å². The Labute approximate surface area is 111 Å². The van der Waals surface area contributed by atoms with Gasteiger partial charge < -0.3 is 9.15 Å². The summed E-state index contributed by atoms with van der Waals surface area (Å²) in [4.78, 5) is 24.0. The summed E-state index contributed by atoms with van der Waals surface area (Å²) in [5.41, 5.74) is 0.643. The summed E-state index contributed by atoms with van der Waals surface area (Å²) < 4.78 is 10.4. The molecular formula is C15H16O4. The molecule has 4 heteroatoms. The van der Waals surface area contributed by atoms with Gasteiger partial charge in [0.05, 0.1) is 6.61 Å². The number of hydrogen-bond donors (Lipinski definition) is 0. The van der Waals surface area contributed by atoms with E-state index < -0.39 is 11.9 Å². The predicted molar refractivity (Wildman–Crippen MR) is 71.0 cm³/mol. The van der Waals surface area contributed by atoms with Crippen molar-refractivity contribution in [3.8, 4) is 0 Å². The third kappa shape index (κ3) is 2.67. The van der Waals surface area contributed by atoms with Crippen LogP contribution in [-0.4, -0.2) is 18.4 Å². The fourth-order valence-corrected chi connectivity index (χ4v) is 1.98. The zero-order valence-corrected chi connectivity index (χ0v) is 11.0. The number of benzene rings is 1. The number of furan rings is 1. The first-order valence-corrected chi connectivity index (χ1v) is 6.36. The van der Waals surface area contributed by atoms with E-state index in [1.165, 1.54) is 0 Å². The van der Waals surface area contributed by atoms with Crippen LogP contribution in [0.5, 0.6) is 0 Å². The smallest absolute Gasteiger partial charge is 0.316 e. The molecule has 2 aromatic rings. The highest BCUT2D eigenvalue weighted by atomic mass is 16.5. The SMILES string of the molecule is CCOC(=O)C(CC)C(=O)c1cc2ccccc2o1. The number of para-hydroxylation sites is 1. The van der Waals surface area contributed by atoms with Crippen molar-refractivity contribution in [2.24, 2.45) is 5.92 Å². The van der Waals surface area contributed by atoms with Crippen LogP contribution in [0.25, 0.3) is 11.0 Å². The predicted octanol–water partition coefficient (Wildman–Crippen LogP) is 3.20. The molecule has 1 unspecified atom stereocenters. The second kappa shape index (κ2) is 5.69. The largest absolute Gasteiger partial charge is 0.465 e. The van der Waals surface area contributed by atoms with Gasteiger partial charge in [-0.1, -0.05) is 25.1 Å². The van der Waals surface area contributed by atoms with Crippen LogP contribution in [0, 0.1) is 5.92 Å². The number of rotatable bonds is 5. The molecule has 1 atom stereocenters. The van der Waals surface area contributed by atoms with Crippen LogP contribution in [0.3, 0.4) is 0 Å². The molecular weight excluding hydrogens is 244 g/mol. The second-order valence-electron chi connectivity index (χ2n) is 4.23. The second-order valence-corrected chi connectivity index (χ2v) is 4.23. The van der Waals surface area contributed by atoms with E-state index in [0.29, 0.717) is 12.0 Å². The molecule has 2 rings (SSSR count). The molecule has 0 amide bonds. The van der Waals surface area contributed by atoms with Crippen molar-refractivity contribution in [1.29, 1.82) is 0 Å². The van der Waals surface area contributed by atoms with Gasteiger partial charge in [0.25, 0.3) is 0 Å². The van der Waals surface area contributed by atoms with Crippen LogP contribution < -0.4 is 0 Å². The maximum absolute atomic E-state index is 12.3. The molecule has 0 aliphatic carbocycles. The van der Waals surface area contributed by atoms with E-state index in [4.69, 9.17) is 9.15 Å². The van der Waals surface area contributed by atoms with Crippen molar-refractivity contribution in [2.45, 2.75) is 20.3 Å². The lowest BCUT2D eigenvalue weighted by Gasteiger charge is -2.10. The van der Waals surface area contributed by atoms with E-state index in [1.54, 1.807) is 26.0 Å². The van der Waals surface area contributed by atoms with Crippen molar-refractivity contribution >= 4 is 22.7 Å². The minimum Gasteiger partial charge on any atom is -0.465 e. The van der Waals surface area contributed by atoms with Crippen molar-refractivity contribution in [3.63, 3.8) is 0 Å². The minimum absolute atomic E-state index is 0.209. The van der Waals surface area contributed by atoms with E-state index in [-0.39, 0.29) is 18.2 Å². The zero-order valence-electron chi connectivity index (χ0n) is 11.0. The van der Waals surface area contributed by atoms with Crippen molar-refractivity contribution in [2.75, 3.05) is 6.61 Å². The first-order valence-electron chi connectivity index (χ1n) is 6.36. The van der Waals surface area contributed by atoms with Gasteiger partial charge in [-0.3, -0.25) is 9.59 Å². The number of carbonyl (C=O) groups excluding carboxylic acids is 2. The molecule has 0 spiro atoms. The summed E-state index contributed by atoms with van der Waals surface area (Å²) in [6.07, 6.45) is 0.398. The maximum atomic E-state index is 12.3. The third-order valence-corrected chi connectivity index (χ3v) is 2.96. The van der Waals surface area contributed by atoms with Gasteiger partial charge in [-0.05, 0) is 25.5 Å². The van der Waals surface area contributed by atoms with E-state index in [9.17, 15) is 9.59 Å². The Kier molecular flexibility index (Phi) is 4.00. The molecule has 1 aromatic heterocycles. The van der Waals surface area contributed by atoms with Gasteiger partial charge in [0.1, 0.15) is 11.5 Å². The molecule has 19 heavy (non-hydrogen) atoms. The molecule has 0 bridgehead atoms. The van der Waals surface area contributed by atoms with Gasteiger partial charge in [0.15, 0.2) is 5.76 Å². The van der Waals surface area contributed by atoms with E-state index >= 15 is 0 Å². The van der Waals surface area contributed by atoms with Gasteiger partial charge in [-0.2, -0.15) is 0 Å². The molecule has 0 saturated carbocycles. The Morgan fingerprint density at radius 3 is 2.63 bits per heavy atom. The number of hydrogen-bond acceptors (Lipinski definition) is 4. The standard InChI is InChI=1S/C15H16O4/c1-3-11(15(17)18-4-2)14(16)13-9-10-7-5-6-8-12(10)19-13/h5-9,11H,3-4H2,1-2H3. The van der Waals surface area contributed by atoms with Crippen LogP contribution in [0.15, 0.2) is 34.7 Å². The average molecular weight is 260 g/mol. The van der Waals surface area contributed by atoms with Crippen molar-refractivity contribution in [1.82, 2.24) is 0 Å². The Balaban J connectivity index is 2.28. The third-order valence-electron chi connectivity index (χ3n) is 2.96. The number of esters is 1. The topological polar surface area (TPSA) is 56.5 Å². The molecule has 4 nitrogen and oxygen atoms in total. The van der Waals surface area contributed by atoms with Gasteiger partial charge >= 0.3 is 5.97 Å². The molecule has 1 aromatic carbocycles. The first-order chi connectivity index (χ1) is 9.17. The summed E-state index contributed by atoms with van der Waals surface area (Å²) >= 11 is 0. The number of ether oxygens (including phenoxy) is 1. The molecule has 0 aliphatic heterocycles. The summed E-state index contributed by atoms with van der Waals surface area (Å²) in [6.45, 7) is 3.77. The number of Topliss-reactive ketones (excluding diaryl/α,β-unsaturated/α-hetero) is 1. The van der Waals surface area contributed by atoms with Crippen molar-refractivity contribution in [3.05, 3.63) is 36.1 Å². The fraction of sp³-hybridized carbons (Fsp3) is 0.333. The van der Waals surface area contributed by atoms with Crippen LogP contribution in [0.1, 0.15) is 30.8 Å². The van der Waals surface area contributed by atoms with Gasteiger partial charge in [-0.15, -0.1) is 0 Å². The highest BCUT2D eigenvalue weighted by Crippen LogP contribution is 2.22.